The summed E-state index contributed by atoms with van der Waals surface area (Å²) in [6.07, 6.45) is 3.00. The van der Waals surface area contributed by atoms with E-state index in [1.807, 2.05) is 24.0 Å². The number of anilines is 2. The fourth-order valence-electron chi connectivity index (χ4n) is 4.46. The molecule has 0 spiro atoms. The van der Waals surface area contributed by atoms with E-state index in [0.717, 1.165) is 42.7 Å². The Morgan fingerprint density at radius 2 is 1.70 bits per heavy atom. The molecule has 0 radical (unpaired) electrons. The molecule has 0 atom stereocenters. The maximum Gasteiger partial charge on any atom is 0.261 e. The predicted octanol–water partition coefficient (Wildman–Crippen LogP) is 3.72. The van der Waals surface area contributed by atoms with Gasteiger partial charge in [-0.3, -0.25) is 14.3 Å². The maximum absolute atomic E-state index is 12.9. The Labute approximate surface area is 195 Å². The summed E-state index contributed by atoms with van der Waals surface area (Å²) >= 11 is 0. The maximum atomic E-state index is 12.9. The molecule has 2 aliphatic rings. The fourth-order valence-corrected chi connectivity index (χ4v) is 5.64. The van der Waals surface area contributed by atoms with Crippen LogP contribution in [0.4, 0.5) is 11.4 Å². The van der Waals surface area contributed by atoms with E-state index < -0.39 is 10.0 Å². The molecule has 2 heterocycles. The van der Waals surface area contributed by atoms with Crippen LogP contribution in [0.25, 0.3) is 0 Å². The normalized spacial score (nSPS) is 16.5. The zero-order valence-corrected chi connectivity index (χ0v) is 20.0. The van der Waals surface area contributed by atoms with E-state index in [1.54, 1.807) is 29.2 Å². The zero-order chi connectivity index (χ0) is 23.6. The first-order valence-corrected chi connectivity index (χ1v) is 13.0. The quantitative estimate of drug-likeness (QED) is 0.699. The number of amides is 2. The van der Waals surface area contributed by atoms with Gasteiger partial charge >= 0.3 is 0 Å². The number of fused-ring (bicyclic) bond motifs is 1. The lowest BCUT2D eigenvalue weighted by atomic mass is 9.99. The van der Waals surface area contributed by atoms with Crippen LogP contribution >= 0.6 is 0 Å². The van der Waals surface area contributed by atoms with Crippen molar-refractivity contribution in [3.8, 4) is 0 Å². The number of benzene rings is 2. The van der Waals surface area contributed by atoms with Gasteiger partial charge in [-0.15, -0.1) is 0 Å². The number of hydrogen-bond acceptors (Lipinski definition) is 4. The molecule has 2 aromatic carbocycles. The van der Waals surface area contributed by atoms with E-state index in [1.165, 1.54) is 6.07 Å². The summed E-state index contributed by atoms with van der Waals surface area (Å²) in [6.45, 7) is 6.09. The number of nitrogens with one attached hydrogen (secondary N) is 1. The second kappa shape index (κ2) is 9.55. The second-order valence-electron chi connectivity index (χ2n) is 9.07. The average molecular weight is 470 g/mol. The van der Waals surface area contributed by atoms with Gasteiger partial charge in [0.25, 0.3) is 10.0 Å². The monoisotopic (exact) mass is 469 g/mol. The summed E-state index contributed by atoms with van der Waals surface area (Å²) in [7, 11) is -3.74. The topological polar surface area (TPSA) is 86.8 Å². The number of para-hydroxylation sites is 1. The van der Waals surface area contributed by atoms with Crippen molar-refractivity contribution < 1.29 is 18.0 Å². The number of sulfonamides is 1. The molecule has 4 rings (SSSR count). The van der Waals surface area contributed by atoms with Crippen molar-refractivity contribution >= 4 is 33.2 Å². The van der Waals surface area contributed by atoms with Crippen LogP contribution in [-0.2, 0) is 26.0 Å². The van der Waals surface area contributed by atoms with Gasteiger partial charge in [0.15, 0.2) is 0 Å². The van der Waals surface area contributed by atoms with Gasteiger partial charge in [0.05, 0.1) is 10.6 Å². The van der Waals surface area contributed by atoms with E-state index in [9.17, 15) is 18.0 Å². The molecule has 176 valence electrons. The lowest BCUT2D eigenvalue weighted by Crippen LogP contribution is -2.38. The van der Waals surface area contributed by atoms with E-state index in [4.69, 9.17) is 0 Å². The Balaban J connectivity index is 1.40. The number of nitrogens with zero attached hydrogens (tertiary/aromatic N) is 2. The van der Waals surface area contributed by atoms with Crippen LogP contribution in [0.1, 0.15) is 43.7 Å². The highest BCUT2D eigenvalue weighted by Crippen LogP contribution is 2.32. The number of carbonyl (C=O) groups excluding carboxylic acids is 2. The summed E-state index contributed by atoms with van der Waals surface area (Å²) in [4.78, 5) is 29.0. The standard InChI is InChI=1S/C25H31N3O4S/c1-18-11-14-27(15-12-18)24(29)9-10-25(30)28-16-13-20-17-21(7-8-23(20)28)33(31,32)26-22-6-4-3-5-19(22)2/h3-8,17-18,26H,9-16H2,1-2H3. The van der Waals surface area contributed by atoms with Crippen molar-refractivity contribution in [3.05, 3.63) is 53.6 Å². The molecule has 33 heavy (non-hydrogen) atoms. The summed E-state index contributed by atoms with van der Waals surface area (Å²) < 4.78 is 28.4. The van der Waals surface area contributed by atoms with Crippen LogP contribution in [0.3, 0.4) is 0 Å². The van der Waals surface area contributed by atoms with Crippen LogP contribution in [0.15, 0.2) is 47.4 Å². The number of hydrogen-bond donors (Lipinski definition) is 1. The molecule has 1 saturated heterocycles. The number of aryl methyl sites for hydroxylation is 1. The number of likely N-dealkylation sites (tertiary alicyclic amines) is 1. The number of piperidine rings is 1. The highest BCUT2D eigenvalue weighted by molar-refractivity contribution is 7.92. The van der Waals surface area contributed by atoms with Crippen molar-refractivity contribution in [2.24, 2.45) is 5.92 Å². The molecule has 7 nitrogen and oxygen atoms in total. The van der Waals surface area contributed by atoms with Gasteiger partial charge in [-0.25, -0.2) is 8.42 Å². The van der Waals surface area contributed by atoms with Crippen molar-refractivity contribution in [2.45, 2.75) is 50.8 Å². The number of carbonyl (C=O) groups is 2. The lowest BCUT2D eigenvalue weighted by molar-refractivity contribution is -0.134. The molecule has 2 aromatic rings. The predicted molar refractivity (Wildman–Crippen MR) is 129 cm³/mol. The fraction of sp³-hybridized carbons (Fsp3) is 0.440. The second-order valence-corrected chi connectivity index (χ2v) is 10.8. The molecule has 0 saturated carbocycles. The van der Waals surface area contributed by atoms with Crippen LogP contribution in [0.5, 0.6) is 0 Å². The Bertz CT molecular complexity index is 1150. The summed E-state index contributed by atoms with van der Waals surface area (Å²) in [5.74, 6) is 0.594. The smallest absolute Gasteiger partial charge is 0.261 e. The molecule has 2 amide bonds. The minimum atomic E-state index is -3.74. The summed E-state index contributed by atoms with van der Waals surface area (Å²) in [5.41, 5.74) is 2.94. The van der Waals surface area contributed by atoms with Gasteiger partial charge in [-0.05, 0) is 67.5 Å². The van der Waals surface area contributed by atoms with Crippen LogP contribution in [0, 0.1) is 12.8 Å². The van der Waals surface area contributed by atoms with Crippen LogP contribution < -0.4 is 9.62 Å². The number of rotatable bonds is 6. The van der Waals surface area contributed by atoms with Gasteiger partial charge in [-0.1, -0.05) is 25.1 Å². The van der Waals surface area contributed by atoms with Gasteiger partial charge < -0.3 is 9.80 Å². The highest BCUT2D eigenvalue weighted by atomic mass is 32.2. The molecule has 0 unspecified atom stereocenters. The molecule has 0 aromatic heterocycles. The Kier molecular flexibility index (Phi) is 6.74. The third kappa shape index (κ3) is 5.21. The van der Waals surface area contributed by atoms with Gasteiger partial charge in [0, 0.05) is 38.2 Å². The first-order chi connectivity index (χ1) is 15.7. The molecular formula is C25H31N3O4S. The lowest BCUT2D eigenvalue weighted by Gasteiger charge is -2.30. The average Bonchev–Trinajstić information content (AvgIpc) is 3.22. The van der Waals surface area contributed by atoms with Gasteiger partial charge in [-0.2, -0.15) is 0 Å². The summed E-state index contributed by atoms with van der Waals surface area (Å²) in [6, 6.07) is 12.1. The van der Waals surface area contributed by atoms with E-state index in [-0.39, 0.29) is 29.6 Å². The van der Waals surface area contributed by atoms with Crippen LogP contribution in [-0.4, -0.2) is 44.8 Å². The summed E-state index contributed by atoms with van der Waals surface area (Å²) in [5, 5.41) is 0. The Morgan fingerprint density at radius 1 is 1.00 bits per heavy atom. The Morgan fingerprint density at radius 3 is 2.42 bits per heavy atom. The molecule has 0 aliphatic carbocycles. The first kappa shape index (κ1) is 23.3. The van der Waals surface area contributed by atoms with Crippen molar-refractivity contribution in [3.63, 3.8) is 0 Å². The first-order valence-electron chi connectivity index (χ1n) is 11.5. The van der Waals surface area contributed by atoms with E-state index in [0.29, 0.717) is 24.6 Å². The van der Waals surface area contributed by atoms with Gasteiger partial charge in [0.1, 0.15) is 0 Å². The van der Waals surface area contributed by atoms with Crippen molar-refractivity contribution in [2.75, 3.05) is 29.3 Å². The van der Waals surface area contributed by atoms with Crippen molar-refractivity contribution in [1.29, 1.82) is 0 Å². The molecular weight excluding hydrogens is 438 g/mol. The van der Waals surface area contributed by atoms with E-state index in [2.05, 4.69) is 11.6 Å². The third-order valence-electron chi connectivity index (χ3n) is 6.64. The Hall–Kier alpha value is -2.87. The minimum absolute atomic E-state index is 0.0402. The third-order valence-corrected chi connectivity index (χ3v) is 8.00. The minimum Gasteiger partial charge on any atom is -0.343 e. The highest BCUT2D eigenvalue weighted by Gasteiger charge is 2.28. The zero-order valence-electron chi connectivity index (χ0n) is 19.2. The largest absolute Gasteiger partial charge is 0.343 e. The molecule has 2 aliphatic heterocycles. The van der Waals surface area contributed by atoms with Crippen molar-refractivity contribution in [1.82, 2.24) is 4.90 Å². The molecule has 1 fully saturated rings. The van der Waals surface area contributed by atoms with Gasteiger partial charge in [0.2, 0.25) is 11.8 Å². The van der Waals surface area contributed by atoms with Crippen LogP contribution in [0.2, 0.25) is 0 Å². The molecule has 8 heteroatoms. The molecule has 1 N–H and O–H groups in total. The molecule has 0 bridgehead atoms. The van der Waals surface area contributed by atoms with E-state index >= 15 is 0 Å². The SMILES string of the molecule is Cc1ccccc1NS(=O)(=O)c1ccc2c(c1)CCN2C(=O)CCC(=O)N1CCC(C)CC1.